The Kier molecular flexibility index (Phi) is 2.74. The van der Waals surface area contributed by atoms with Gasteiger partial charge in [-0.2, -0.15) is 4.98 Å². The lowest BCUT2D eigenvalue weighted by Gasteiger charge is -2.17. The van der Waals surface area contributed by atoms with E-state index in [9.17, 15) is 4.79 Å². The average Bonchev–Trinajstić information content (AvgIpc) is 2.99. The minimum Gasteiger partial charge on any atom is -0.364 e. The smallest absolute Gasteiger partial charge is 0.263 e. The predicted octanol–water partition coefficient (Wildman–Crippen LogP) is 1.46. The van der Waals surface area contributed by atoms with Crippen LogP contribution in [0, 0.1) is 6.92 Å². The van der Waals surface area contributed by atoms with Gasteiger partial charge in [0.2, 0.25) is 0 Å². The Morgan fingerprint density at radius 1 is 1.42 bits per heavy atom. The number of hydrogen-bond acceptors (Lipinski definition) is 5. The average molecular weight is 260 g/mol. The number of aromatic nitrogens is 3. The maximum absolute atomic E-state index is 11.9. The molecule has 100 valence electrons. The Morgan fingerprint density at radius 3 is 2.84 bits per heavy atom. The number of nitrogens with two attached hydrogens (primary N) is 1. The van der Waals surface area contributed by atoms with Gasteiger partial charge in [-0.15, -0.1) is 0 Å². The number of pyridine rings is 1. The molecule has 6 nitrogen and oxygen atoms in total. The first-order chi connectivity index (χ1) is 9.08. The molecule has 2 aromatic heterocycles. The lowest BCUT2D eigenvalue weighted by Crippen LogP contribution is -2.34. The van der Waals surface area contributed by atoms with Gasteiger partial charge in [0.25, 0.3) is 5.89 Å². The number of aromatic amines is 1. The standard InChI is InChI=1S/C13H16N4O2/c1-8-6-10(18)9(7-15-8)11-16-12(17-19-11)13(14)4-2-3-5-13/h6-7H,2-5,14H2,1H3,(H,15,18). The second-order valence-electron chi connectivity index (χ2n) is 5.18. The molecule has 0 unspecified atom stereocenters. The fourth-order valence-electron chi connectivity index (χ4n) is 2.50. The molecule has 0 aliphatic heterocycles. The minimum atomic E-state index is -0.501. The highest BCUT2D eigenvalue weighted by atomic mass is 16.5. The van der Waals surface area contributed by atoms with Crippen molar-refractivity contribution in [3.05, 3.63) is 34.0 Å². The van der Waals surface area contributed by atoms with Crippen LogP contribution in [0.25, 0.3) is 11.5 Å². The van der Waals surface area contributed by atoms with Crippen molar-refractivity contribution in [2.24, 2.45) is 5.73 Å². The molecule has 2 heterocycles. The van der Waals surface area contributed by atoms with Crippen molar-refractivity contribution in [1.82, 2.24) is 15.1 Å². The van der Waals surface area contributed by atoms with Gasteiger partial charge in [0.1, 0.15) is 5.56 Å². The van der Waals surface area contributed by atoms with Crippen LogP contribution in [0.2, 0.25) is 0 Å². The molecule has 0 bridgehead atoms. The zero-order chi connectivity index (χ0) is 13.5. The molecule has 3 N–H and O–H groups in total. The molecule has 3 rings (SSSR count). The van der Waals surface area contributed by atoms with Crippen molar-refractivity contribution in [2.45, 2.75) is 38.1 Å². The van der Waals surface area contributed by atoms with E-state index in [-0.39, 0.29) is 11.3 Å². The zero-order valence-electron chi connectivity index (χ0n) is 10.8. The van der Waals surface area contributed by atoms with Crippen LogP contribution >= 0.6 is 0 Å². The lowest BCUT2D eigenvalue weighted by molar-refractivity contribution is 0.372. The predicted molar refractivity (Wildman–Crippen MR) is 69.4 cm³/mol. The largest absolute Gasteiger partial charge is 0.364 e. The molecule has 0 spiro atoms. The monoisotopic (exact) mass is 260 g/mol. The number of rotatable bonds is 2. The van der Waals surface area contributed by atoms with Crippen LogP contribution in [0.4, 0.5) is 0 Å². The van der Waals surface area contributed by atoms with Gasteiger partial charge >= 0.3 is 0 Å². The molecule has 0 radical (unpaired) electrons. The third kappa shape index (κ3) is 2.08. The van der Waals surface area contributed by atoms with E-state index in [1.807, 2.05) is 6.92 Å². The van der Waals surface area contributed by atoms with Crippen molar-refractivity contribution >= 4 is 0 Å². The lowest BCUT2D eigenvalue weighted by atomic mass is 9.99. The van der Waals surface area contributed by atoms with Crippen molar-refractivity contribution in [3.8, 4) is 11.5 Å². The highest BCUT2D eigenvalue weighted by Gasteiger charge is 2.36. The molecule has 6 heteroatoms. The number of nitrogens with zero attached hydrogens (tertiary/aromatic N) is 2. The van der Waals surface area contributed by atoms with Crippen LogP contribution in [0.15, 0.2) is 21.6 Å². The van der Waals surface area contributed by atoms with Gasteiger partial charge in [0.15, 0.2) is 11.3 Å². The summed E-state index contributed by atoms with van der Waals surface area (Å²) in [4.78, 5) is 19.1. The molecule has 1 aliphatic rings. The summed E-state index contributed by atoms with van der Waals surface area (Å²) < 4.78 is 5.19. The van der Waals surface area contributed by atoms with Gasteiger partial charge < -0.3 is 15.2 Å². The third-order valence-electron chi connectivity index (χ3n) is 3.65. The second-order valence-corrected chi connectivity index (χ2v) is 5.18. The number of H-pyrrole nitrogens is 1. The highest BCUT2D eigenvalue weighted by Crippen LogP contribution is 2.35. The summed E-state index contributed by atoms with van der Waals surface area (Å²) in [5.41, 5.74) is 6.80. The fraction of sp³-hybridized carbons (Fsp3) is 0.462. The molecule has 19 heavy (non-hydrogen) atoms. The topological polar surface area (TPSA) is 97.8 Å². The van der Waals surface area contributed by atoms with Gasteiger partial charge in [-0.05, 0) is 19.8 Å². The summed E-state index contributed by atoms with van der Waals surface area (Å²) in [7, 11) is 0. The summed E-state index contributed by atoms with van der Waals surface area (Å²) in [6.45, 7) is 1.82. The van der Waals surface area contributed by atoms with Crippen LogP contribution in [0.1, 0.15) is 37.2 Å². The SMILES string of the molecule is Cc1cc(=O)c(-c2nc(C3(N)CCCC3)no2)c[nH]1. The molecular formula is C13H16N4O2. The van der Waals surface area contributed by atoms with Crippen LogP contribution in [0.5, 0.6) is 0 Å². The quantitative estimate of drug-likeness (QED) is 0.851. The molecular weight excluding hydrogens is 244 g/mol. The normalized spacial score (nSPS) is 17.8. The molecule has 0 aromatic carbocycles. The van der Waals surface area contributed by atoms with Crippen molar-refractivity contribution < 1.29 is 4.52 Å². The maximum atomic E-state index is 11.9. The van der Waals surface area contributed by atoms with E-state index < -0.39 is 5.54 Å². The Labute approximate surface area is 110 Å². The first-order valence-electron chi connectivity index (χ1n) is 6.41. The number of nitrogens with one attached hydrogen (secondary N) is 1. The van der Waals surface area contributed by atoms with Gasteiger partial charge in [-0.3, -0.25) is 4.79 Å². The Morgan fingerprint density at radius 2 is 2.16 bits per heavy atom. The van der Waals surface area contributed by atoms with E-state index in [1.54, 1.807) is 6.20 Å². The fourth-order valence-corrected chi connectivity index (χ4v) is 2.50. The van der Waals surface area contributed by atoms with Crippen molar-refractivity contribution in [3.63, 3.8) is 0 Å². The third-order valence-corrected chi connectivity index (χ3v) is 3.65. The summed E-state index contributed by atoms with van der Waals surface area (Å²) in [6.07, 6.45) is 5.45. The van der Waals surface area contributed by atoms with Gasteiger partial charge in [-0.1, -0.05) is 18.0 Å². The molecule has 2 aromatic rings. The van der Waals surface area contributed by atoms with Crippen LogP contribution in [-0.4, -0.2) is 15.1 Å². The van der Waals surface area contributed by atoms with E-state index >= 15 is 0 Å². The zero-order valence-corrected chi connectivity index (χ0v) is 10.8. The van der Waals surface area contributed by atoms with Gasteiger partial charge in [0, 0.05) is 18.0 Å². The second kappa shape index (κ2) is 4.31. The Hall–Kier alpha value is -1.95. The Balaban J connectivity index is 1.99. The summed E-state index contributed by atoms with van der Waals surface area (Å²) in [5.74, 6) is 0.730. The molecule has 1 fully saturated rings. The van der Waals surface area contributed by atoms with E-state index in [4.69, 9.17) is 10.3 Å². The summed E-state index contributed by atoms with van der Waals surface area (Å²) in [5, 5.41) is 3.95. The van der Waals surface area contributed by atoms with Crippen molar-refractivity contribution in [1.29, 1.82) is 0 Å². The molecule has 0 saturated heterocycles. The summed E-state index contributed by atoms with van der Waals surface area (Å²) >= 11 is 0. The molecule has 1 saturated carbocycles. The minimum absolute atomic E-state index is 0.135. The summed E-state index contributed by atoms with van der Waals surface area (Å²) in [6, 6.07) is 1.51. The highest BCUT2D eigenvalue weighted by molar-refractivity contribution is 5.51. The van der Waals surface area contributed by atoms with Gasteiger partial charge in [-0.25, -0.2) is 0 Å². The van der Waals surface area contributed by atoms with Crippen LogP contribution in [0.3, 0.4) is 0 Å². The number of hydrogen-bond donors (Lipinski definition) is 2. The first kappa shape index (κ1) is 12.1. The van der Waals surface area contributed by atoms with Gasteiger partial charge in [0.05, 0.1) is 5.54 Å². The first-order valence-corrected chi connectivity index (χ1v) is 6.41. The van der Waals surface area contributed by atoms with Crippen LogP contribution in [-0.2, 0) is 5.54 Å². The molecule has 0 amide bonds. The van der Waals surface area contributed by atoms with Crippen LogP contribution < -0.4 is 11.2 Å². The molecule has 0 atom stereocenters. The Bertz CT molecular complexity index is 653. The van der Waals surface area contributed by atoms with E-state index in [0.29, 0.717) is 11.4 Å². The maximum Gasteiger partial charge on any atom is 0.263 e. The van der Waals surface area contributed by atoms with Crippen molar-refractivity contribution in [2.75, 3.05) is 0 Å². The van der Waals surface area contributed by atoms with E-state index in [0.717, 1.165) is 31.4 Å². The van der Waals surface area contributed by atoms with E-state index in [2.05, 4.69) is 15.1 Å². The molecule has 1 aliphatic carbocycles. The van der Waals surface area contributed by atoms with E-state index in [1.165, 1.54) is 6.07 Å². The number of aryl methyl sites for hydroxylation is 1.